The van der Waals surface area contributed by atoms with Gasteiger partial charge in [-0.3, -0.25) is 4.68 Å². The second-order valence-electron chi connectivity index (χ2n) is 6.06. The van der Waals surface area contributed by atoms with Gasteiger partial charge in [0.2, 0.25) is 0 Å². The molecule has 0 aliphatic carbocycles. The molecule has 0 saturated heterocycles. The van der Waals surface area contributed by atoms with Crippen LogP contribution in [0.1, 0.15) is 36.9 Å². The third-order valence-corrected chi connectivity index (χ3v) is 4.79. The van der Waals surface area contributed by atoms with Crippen molar-refractivity contribution in [3.8, 4) is 0 Å². The molecule has 1 N–H and O–H groups in total. The van der Waals surface area contributed by atoms with Gasteiger partial charge in [-0.15, -0.1) is 11.3 Å². The van der Waals surface area contributed by atoms with Crippen LogP contribution in [0.2, 0.25) is 0 Å². The summed E-state index contributed by atoms with van der Waals surface area (Å²) in [5, 5.41) is 8.12. The lowest BCUT2D eigenvalue weighted by Crippen LogP contribution is -2.20. The monoisotopic (exact) mass is 355 g/mol. The summed E-state index contributed by atoms with van der Waals surface area (Å²) in [6.07, 6.45) is 3.19. The molecule has 2 aromatic rings. The van der Waals surface area contributed by atoms with Crippen molar-refractivity contribution in [2.75, 3.05) is 6.54 Å². The molecule has 2 rings (SSSR count). The zero-order valence-corrected chi connectivity index (χ0v) is 14.9. The van der Waals surface area contributed by atoms with Crippen molar-refractivity contribution >= 4 is 27.3 Å². The number of rotatable bonds is 5. The SMILES string of the molecule is Cn1cc(CNCCc2ccc(Br)s2)c(C(C)(C)C)n1. The summed E-state index contributed by atoms with van der Waals surface area (Å²) >= 11 is 5.30. The summed E-state index contributed by atoms with van der Waals surface area (Å²) in [6, 6.07) is 4.29. The van der Waals surface area contributed by atoms with Gasteiger partial charge in [-0.05, 0) is 34.5 Å². The highest BCUT2D eigenvalue weighted by Crippen LogP contribution is 2.24. The van der Waals surface area contributed by atoms with E-state index in [0.717, 1.165) is 19.5 Å². The van der Waals surface area contributed by atoms with Crippen molar-refractivity contribution in [2.45, 2.75) is 39.2 Å². The van der Waals surface area contributed by atoms with Crippen LogP contribution in [0.5, 0.6) is 0 Å². The van der Waals surface area contributed by atoms with E-state index < -0.39 is 0 Å². The van der Waals surface area contributed by atoms with Crippen molar-refractivity contribution in [1.29, 1.82) is 0 Å². The number of thiophene rings is 1. The van der Waals surface area contributed by atoms with Gasteiger partial charge in [0.05, 0.1) is 9.48 Å². The number of aryl methyl sites for hydroxylation is 1. The van der Waals surface area contributed by atoms with E-state index in [1.54, 1.807) is 11.3 Å². The molecule has 0 bridgehead atoms. The van der Waals surface area contributed by atoms with Gasteiger partial charge in [0, 0.05) is 42.2 Å². The van der Waals surface area contributed by atoms with Crippen molar-refractivity contribution in [3.05, 3.63) is 38.3 Å². The Hall–Kier alpha value is -0.650. The lowest BCUT2D eigenvalue weighted by Gasteiger charge is -2.17. The summed E-state index contributed by atoms with van der Waals surface area (Å²) in [4.78, 5) is 1.41. The quantitative estimate of drug-likeness (QED) is 0.824. The highest BCUT2D eigenvalue weighted by molar-refractivity contribution is 9.11. The molecule has 5 heteroatoms. The molecule has 0 aliphatic heterocycles. The molecule has 2 heterocycles. The molecule has 0 amide bonds. The van der Waals surface area contributed by atoms with Crippen LogP contribution < -0.4 is 5.32 Å². The Bertz CT molecular complexity index is 566. The third kappa shape index (κ3) is 4.17. The van der Waals surface area contributed by atoms with E-state index in [4.69, 9.17) is 0 Å². The average molecular weight is 356 g/mol. The van der Waals surface area contributed by atoms with Crippen molar-refractivity contribution in [2.24, 2.45) is 7.05 Å². The standard InChI is InChI=1S/C15H22BrN3S/c1-15(2,3)14-11(10-19(4)18-14)9-17-8-7-12-5-6-13(16)20-12/h5-6,10,17H,7-9H2,1-4H3. The van der Waals surface area contributed by atoms with Gasteiger partial charge in [-0.25, -0.2) is 0 Å². The molecule has 3 nitrogen and oxygen atoms in total. The third-order valence-electron chi connectivity index (χ3n) is 3.11. The van der Waals surface area contributed by atoms with E-state index in [0.29, 0.717) is 0 Å². The Morgan fingerprint density at radius 3 is 2.70 bits per heavy atom. The Kier molecular flexibility index (Phi) is 5.04. The Labute approximate surface area is 133 Å². The highest BCUT2D eigenvalue weighted by atomic mass is 79.9. The maximum atomic E-state index is 4.59. The Morgan fingerprint density at radius 2 is 2.10 bits per heavy atom. The molecule has 0 atom stereocenters. The summed E-state index contributed by atoms with van der Waals surface area (Å²) in [5.74, 6) is 0. The van der Waals surface area contributed by atoms with E-state index in [1.165, 1.54) is 19.9 Å². The van der Waals surface area contributed by atoms with Crippen LogP contribution in [-0.4, -0.2) is 16.3 Å². The normalized spacial score (nSPS) is 12.1. The van der Waals surface area contributed by atoms with Gasteiger partial charge in [0.15, 0.2) is 0 Å². The number of aromatic nitrogens is 2. The molecule has 0 unspecified atom stereocenters. The molecule has 0 spiro atoms. The first-order valence-electron chi connectivity index (χ1n) is 6.84. The molecule has 0 fully saturated rings. The minimum atomic E-state index is 0.0941. The van der Waals surface area contributed by atoms with E-state index in [-0.39, 0.29) is 5.41 Å². The molecule has 0 aliphatic rings. The molecule has 110 valence electrons. The fraction of sp³-hybridized carbons (Fsp3) is 0.533. The van der Waals surface area contributed by atoms with E-state index in [9.17, 15) is 0 Å². The van der Waals surface area contributed by atoms with E-state index in [1.807, 2.05) is 11.7 Å². The van der Waals surface area contributed by atoms with Crippen LogP contribution in [0, 0.1) is 0 Å². The smallest absolute Gasteiger partial charge is 0.0722 e. The predicted molar refractivity (Wildman–Crippen MR) is 89.3 cm³/mol. The molecule has 2 aromatic heterocycles. The Morgan fingerprint density at radius 1 is 1.35 bits per heavy atom. The summed E-state index contributed by atoms with van der Waals surface area (Å²) in [6.45, 7) is 8.50. The molecule has 0 saturated carbocycles. The first-order chi connectivity index (χ1) is 9.36. The van der Waals surface area contributed by atoms with Crippen LogP contribution >= 0.6 is 27.3 Å². The van der Waals surface area contributed by atoms with Gasteiger partial charge < -0.3 is 5.32 Å². The second kappa shape index (κ2) is 6.41. The first-order valence-corrected chi connectivity index (χ1v) is 8.45. The summed E-state index contributed by atoms with van der Waals surface area (Å²) < 4.78 is 3.11. The second-order valence-corrected chi connectivity index (χ2v) is 8.61. The number of nitrogens with zero attached hydrogens (tertiary/aromatic N) is 2. The van der Waals surface area contributed by atoms with Gasteiger partial charge >= 0.3 is 0 Å². The molecular weight excluding hydrogens is 334 g/mol. The van der Waals surface area contributed by atoms with E-state index in [2.05, 4.69) is 65.4 Å². The van der Waals surface area contributed by atoms with Crippen molar-refractivity contribution in [1.82, 2.24) is 15.1 Å². The summed E-state index contributed by atoms with van der Waals surface area (Å²) in [7, 11) is 1.99. The van der Waals surface area contributed by atoms with Gasteiger partial charge in [0.25, 0.3) is 0 Å². The van der Waals surface area contributed by atoms with Crippen LogP contribution in [-0.2, 0) is 25.4 Å². The van der Waals surface area contributed by atoms with Crippen LogP contribution in [0.15, 0.2) is 22.1 Å². The number of halogens is 1. The summed E-state index contributed by atoms with van der Waals surface area (Å²) in [5.41, 5.74) is 2.58. The first kappa shape index (κ1) is 15.7. The largest absolute Gasteiger partial charge is 0.312 e. The fourth-order valence-electron chi connectivity index (χ4n) is 2.22. The molecule has 0 radical (unpaired) electrons. The van der Waals surface area contributed by atoms with E-state index >= 15 is 0 Å². The molecular formula is C15H22BrN3S. The predicted octanol–water partition coefficient (Wildman–Crippen LogP) is 3.87. The van der Waals surface area contributed by atoms with Crippen molar-refractivity contribution < 1.29 is 0 Å². The number of nitrogens with one attached hydrogen (secondary N) is 1. The van der Waals surface area contributed by atoms with Crippen LogP contribution in [0.3, 0.4) is 0 Å². The lowest BCUT2D eigenvalue weighted by atomic mass is 9.89. The van der Waals surface area contributed by atoms with Gasteiger partial charge in [-0.1, -0.05) is 20.8 Å². The maximum Gasteiger partial charge on any atom is 0.0722 e. The minimum absolute atomic E-state index is 0.0941. The lowest BCUT2D eigenvalue weighted by molar-refractivity contribution is 0.543. The van der Waals surface area contributed by atoms with Crippen molar-refractivity contribution in [3.63, 3.8) is 0 Å². The number of hydrogen-bond donors (Lipinski definition) is 1. The maximum absolute atomic E-state index is 4.59. The van der Waals surface area contributed by atoms with Gasteiger partial charge in [-0.2, -0.15) is 5.10 Å². The van der Waals surface area contributed by atoms with Crippen LogP contribution in [0.25, 0.3) is 0 Å². The zero-order valence-electron chi connectivity index (χ0n) is 12.5. The molecule has 0 aromatic carbocycles. The Balaban J connectivity index is 1.88. The van der Waals surface area contributed by atoms with Gasteiger partial charge in [0.1, 0.15) is 0 Å². The topological polar surface area (TPSA) is 29.9 Å². The minimum Gasteiger partial charge on any atom is -0.312 e. The highest BCUT2D eigenvalue weighted by Gasteiger charge is 2.21. The number of hydrogen-bond acceptors (Lipinski definition) is 3. The van der Waals surface area contributed by atoms with Crippen LogP contribution in [0.4, 0.5) is 0 Å². The molecule has 20 heavy (non-hydrogen) atoms. The zero-order chi connectivity index (χ0) is 14.8. The average Bonchev–Trinajstić information content (AvgIpc) is 2.90. The fourth-order valence-corrected chi connectivity index (χ4v) is 3.70.